The van der Waals surface area contributed by atoms with E-state index in [4.69, 9.17) is 23.2 Å². The van der Waals surface area contributed by atoms with Gasteiger partial charge in [-0.3, -0.25) is 9.59 Å². The van der Waals surface area contributed by atoms with Crippen LogP contribution in [0.3, 0.4) is 0 Å². The number of fused-ring (bicyclic) bond motifs is 1. The molecular weight excluding hydrogens is 329 g/mol. The number of nitrogens with zero attached hydrogens (tertiary/aromatic N) is 1. The fourth-order valence-corrected chi connectivity index (χ4v) is 2.63. The van der Waals surface area contributed by atoms with Crippen molar-refractivity contribution in [3.63, 3.8) is 0 Å². The fourth-order valence-electron chi connectivity index (χ4n) is 2.30. The number of imide groups is 1. The lowest BCUT2D eigenvalue weighted by atomic mass is 10.1. The Balaban J connectivity index is 2.18. The molecule has 0 atom stereocenters. The second-order valence-electron chi connectivity index (χ2n) is 4.58. The average Bonchev–Trinajstić information content (AvgIpc) is 2.71. The van der Waals surface area contributed by atoms with Gasteiger partial charge in [0, 0.05) is 0 Å². The first kappa shape index (κ1) is 14.6. The van der Waals surface area contributed by atoms with E-state index in [0.717, 1.165) is 4.90 Å². The van der Waals surface area contributed by atoms with Crippen molar-refractivity contribution in [1.82, 2.24) is 0 Å². The molecule has 2 aromatic carbocycles. The lowest BCUT2D eigenvalue weighted by molar-refractivity contribution is 0.0698. The minimum atomic E-state index is -1.23. The number of carboxylic acid groups (broad SMARTS) is 1. The average molecular weight is 336 g/mol. The van der Waals surface area contributed by atoms with Crippen LogP contribution in [0.5, 0.6) is 0 Å². The standard InChI is InChI=1S/C15H7Cl2NO4/c16-10-5-8-9(6-11(10)17)14(20)18(13(8)19)12-4-2-1-3-7(12)15(21)22/h1-6H,(H,21,22). The molecule has 0 radical (unpaired) electrons. The molecule has 5 nitrogen and oxygen atoms in total. The number of benzene rings is 2. The number of amides is 2. The summed E-state index contributed by atoms with van der Waals surface area (Å²) in [6.07, 6.45) is 0. The second-order valence-corrected chi connectivity index (χ2v) is 5.39. The van der Waals surface area contributed by atoms with E-state index in [-0.39, 0.29) is 32.4 Å². The van der Waals surface area contributed by atoms with Crippen molar-refractivity contribution in [2.24, 2.45) is 0 Å². The molecule has 3 rings (SSSR count). The Morgan fingerprint density at radius 2 is 1.45 bits per heavy atom. The number of carbonyl (C=O) groups excluding carboxylic acids is 2. The van der Waals surface area contributed by atoms with Crippen LogP contribution >= 0.6 is 23.2 Å². The van der Waals surface area contributed by atoms with Gasteiger partial charge in [0.15, 0.2) is 0 Å². The maximum Gasteiger partial charge on any atom is 0.337 e. The lowest BCUT2D eigenvalue weighted by Gasteiger charge is -2.16. The molecule has 0 aromatic heterocycles. The van der Waals surface area contributed by atoms with Crippen LogP contribution in [0, 0.1) is 0 Å². The van der Waals surface area contributed by atoms with Crippen LogP contribution in [0.4, 0.5) is 5.69 Å². The fraction of sp³-hybridized carbons (Fsp3) is 0. The number of carbonyl (C=O) groups is 3. The third kappa shape index (κ3) is 2.06. The number of hydrogen-bond donors (Lipinski definition) is 1. The molecule has 0 fully saturated rings. The predicted molar refractivity (Wildman–Crippen MR) is 81.0 cm³/mol. The van der Waals surface area contributed by atoms with Gasteiger partial charge in [0.05, 0.1) is 32.4 Å². The van der Waals surface area contributed by atoms with E-state index in [9.17, 15) is 19.5 Å². The van der Waals surface area contributed by atoms with Gasteiger partial charge in [-0.1, -0.05) is 35.3 Å². The molecule has 7 heteroatoms. The minimum Gasteiger partial charge on any atom is -0.478 e. The van der Waals surface area contributed by atoms with Gasteiger partial charge in [-0.05, 0) is 24.3 Å². The summed E-state index contributed by atoms with van der Waals surface area (Å²) in [6.45, 7) is 0. The molecule has 1 aliphatic heterocycles. The predicted octanol–water partition coefficient (Wildman–Crippen LogP) is 3.49. The summed E-state index contributed by atoms with van der Waals surface area (Å²) < 4.78 is 0. The van der Waals surface area contributed by atoms with E-state index in [1.54, 1.807) is 6.07 Å². The number of carboxylic acids is 1. The third-order valence-corrected chi connectivity index (χ3v) is 4.02. The summed E-state index contributed by atoms with van der Waals surface area (Å²) in [5.74, 6) is -2.50. The number of halogens is 2. The number of para-hydroxylation sites is 1. The Morgan fingerprint density at radius 3 is 1.95 bits per heavy atom. The first-order valence-corrected chi connectivity index (χ1v) is 6.87. The van der Waals surface area contributed by atoms with Gasteiger partial charge in [0.1, 0.15) is 0 Å². The molecule has 1 aliphatic rings. The summed E-state index contributed by atoms with van der Waals surface area (Å²) in [5.41, 5.74) is 0.0572. The highest BCUT2D eigenvalue weighted by Gasteiger charge is 2.39. The van der Waals surface area contributed by atoms with E-state index in [2.05, 4.69) is 0 Å². The zero-order valence-electron chi connectivity index (χ0n) is 10.8. The highest BCUT2D eigenvalue weighted by molar-refractivity contribution is 6.44. The Morgan fingerprint density at radius 1 is 0.955 bits per heavy atom. The van der Waals surface area contributed by atoms with Crippen LogP contribution in [0.25, 0.3) is 0 Å². The molecular formula is C15H7Cl2NO4. The SMILES string of the molecule is O=C(O)c1ccccc1N1C(=O)c2cc(Cl)c(Cl)cc2C1=O. The first-order valence-electron chi connectivity index (χ1n) is 6.12. The Labute approximate surface area is 134 Å². The highest BCUT2D eigenvalue weighted by Crippen LogP contribution is 2.35. The van der Waals surface area contributed by atoms with Gasteiger partial charge in [-0.15, -0.1) is 0 Å². The van der Waals surface area contributed by atoms with Gasteiger partial charge < -0.3 is 5.11 Å². The van der Waals surface area contributed by atoms with E-state index in [1.807, 2.05) is 0 Å². The molecule has 0 bridgehead atoms. The monoisotopic (exact) mass is 335 g/mol. The van der Waals surface area contributed by atoms with Gasteiger partial charge in [0.25, 0.3) is 11.8 Å². The smallest absolute Gasteiger partial charge is 0.337 e. The summed E-state index contributed by atoms with van der Waals surface area (Å²) in [4.78, 5) is 37.0. The number of rotatable bonds is 2. The van der Waals surface area contributed by atoms with Crippen LogP contribution in [0.1, 0.15) is 31.1 Å². The summed E-state index contributed by atoms with van der Waals surface area (Å²) in [6, 6.07) is 8.39. The Bertz CT molecular complexity index is 806. The Hall–Kier alpha value is -2.37. The third-order valence-electron chi connectivity index (χ3n) is 3.30. The zero-order valence-corrected chi connectivity index (χ0v) is 12.4. The van der Waals surface area contributed by atoms with Crippen molar-refractivity contribution >= 4 is 46.7 Å². The number of anilines is 1. The summed E-state index contributed by atoms with van der Waals surface area (Å²) in [5, 5.41) is 9.51. The lowest BCUT2D eigenvalue weighted by Crippen LogP contribution is -2.30. The maximum atomic E-state index is 12.5. The van der Waals surface area contributed by atoms with Crippen LogP contribution in [0.15, 0.2) is 36.4 Å². The van der Waals surface area contributed by atoms with Crippen molar-refractivity contribution in [3.8, 4) is 0 Å². The number of hydrogen-bond acceptors (Lipinski definition) is 3. The van der Waals surface area contributed by atoms with Crippen molar-refractivity contribution in [2.45, 2.75) is 0 Å². The van der Waals surface area contributed by atoms with Crippen molar-refractivity contribution in [1.29, 1.82) is 0 Å². The highest BCUT2D eigenvalue weighted by atomic mass is 35.5. The summed E-state index contributed by atoms with van der Waals surface area (Å²) >= 11 is 11.7. The largest absolute Gasteiger partial charge is 0.478 e. The van der Waals surface area contributed by atoms with E-state index in [0.29, 0.717) is 0 Å². The summed E-state index contributed by atoms with van der Waals surface area (Å²) in [7, 11) is 0. The molecule has 0 unspecified atom stereocenters. The number of aromatic carboxylic acids is 1. The van der Waals surface area contributed by atoms with Gasteiger partial charge >= 0.3 is 5.97 Å². The molecule has 0 saturated heterocycles. The molecule has 0 aliphatic carbocycles. The molecule has 1 heterocycles. The quantitative estimate of drug-likeness (QED) is 0.852. The molecule has 110 valence electrons. The van der Waals surface area contributed by atoms with Crippen LogP contribution in [0.2, 0.25) is 10.0 Å². The second kappa shape index (κ2) is 5.12. The van der Waals surface area contributed by atoms with E-state index < -0.39 is 17.8 Å². The molecule has 1 N–H and O–H groups in total. The normalized spacial score (nSPS) is 13.5. The van der Waals surface area contributed by atoms with Gasteiger partial charge in [0.2, 0.25) is 0 Å². The van der Waals surface area contributed by atoms with Crippen molar-refractivity contribution < 1.29 is 19.5 Å². The first-order chi connectivity index (χ1) is 10.4. The van der Waals surface area contributed by atoms with Gasteiger partial charge in [-0.25, -0.2) is 9.69 Å². The maximum absolute atomic E-state index is 12.5. The van der Waals surface area contributed by atoms with E-state index >= 15 is 0 Å². The van der Waals surface area contributed by atoms with Gasteiger partial charge in [-0.2, -0.15) is 0 Å². The molecule has 22 heavy (non-hydrogen) atoms. The van der Waals surface area contributed by atoms with Crippen LogP contribution in [-0.2, 0) is 0 Å². The van der Waals surface area contributed by atoms with Crippen LogP contribution in [-0.4, -0.2) is 22.9 Å². The molecule has 0 spiro atoms. The topological polar surface area (TPSA) is 74.7 Å². The molecule has 2 aromatic rings. The van der Waals surface area contributed by atoms with E-state index in [1.165, 1.54) is 30.3 Å². The van der Waals surface area contributed by atoms with Crippen LogP contribution < -0.4 is 4.90 Å². The molecule has 0 saturated carbocycles. The minimum absolute atomic E-state index is 0.00782. The van der Waals surface area contributed by atoms with Crippen molar-refractivity contribution in [3.05, 3.63) is 63.1 Å². The zero-order chi connectivity index (χ0) is 16.0. The van der Waals surface area contributed by atoms with Crippen molar-refractivity contribution in [2.75, 3.05) is 4.90 Å². The Kier molecular flexibility index (Phi) is 3.39. The molecule has 2 amide bonds.